The number of nitrogens with zero attached hydrogens (tertiary/aromatic N) is 3. The molecule has 0 unspecified atom stereocenters. The molecule has 0 saturated carbocycles. The van der Waals surface area contributed by atoms with E-state index in [1.165, 1.54) is 23.5 Å². The molecule has 2 aromatic heterocycles. The fraction of sp³-hybridized carbons (Fsp3) is 0. The zero-order chi connectivity index (χ0) is 10.7. The third kappa shape index (κ3) is 2.26. The number of amides is 1. The molecule has 3 N–H and O–H groups in total. The summed E-state index contributed by atoms with van der Waals surface area (Å²) >= 11 is 1.33. The molecule has 0 fully saturated rings. The number of carbonyl (C=O) groups excluding carboxylic acids is 1. The van der Waals surface area contributed by atoms with Gasteiger partial charge in [-0.25, -0.2) is 4.98 Å². The van der Waals surface area contributed by atoms with Crippen molar-refractivity contribution >= 4 is 28.2 Å². The molecule has 0 radical (unpaired) electrons. The van der Waals surface area contributed by atoms with Crippen LogP contribution in [0.2, 0.25) is 0 Å². The molecular formula is C8H7N5OS. The Balaban J connectivity index is 2.11. The first-order valence-electron chi connectivity index (χ1n) is 4.06. The molecule has 6 nitrogen and oxygen atoms in total. The zero-order valence-corrected chi connectivity index (χ0v) is 8.36. The molecule has 2 heterocycles. The van der Waals surface area contributed by atoms with Crippen molar-refractivity contribution in [2.45, 2.75) is 0 Å². The third-order valence-corrected chi connectivity index (χ3v) is 2.26. The number of rotatable bonds is 2. The van der Waals surface area contributed by atoms with Crippen LogP contribution in [0.1, 0.15) is 10.5 Å². The van der Waals surface area contributed by atoms with E-state index >= 15 is 0 Å². The van der Waals surface area contributed by atoms with Gasteiger partial charge in [0.15, 0.2) is 10.8 Å². The van der Waals surface area contributed by atoms with Gasteiger partial charge in [0.25, 0.3) is 5.91 Å². The van der Waals surface area contributed by atoms with Crippen molar-refractivity contribution in [3.05, 3.63) is 29.4 Å². The second-order valence-electron chi connectivity index (χ2n) is 2.63. The first-order valence-corrected chi connectivity index (χ1v) is 4.94. The van der Waals surface area contributed by atoms with E-state index in [1.54, 1.807) is 11.6 Å². The minimum absolute atomic E-state index is 0.208. The maximum Gasteiger partial charge on any atom is 0.277 e. The van der Waals surface area contributed by atoms with Crippen LogP contribution in [0.3, 0.4) is 0 Å². The van der Waals surface area contributed by atoms with Crippen molar-refractivity contribution in [2.75, 3.05) is 11.1 Å². The molecule has 2 rings (SSSR count). The van der Waals surface area contributed by atoms with E-state index in [0.717, 1.165) is 0 Å². The number of anilines is 2. The number of thiazole rings is 1. The highest BCUT2D eigenvalue weighted by molar-refractivity contribution is 7.13. The van der Waals surface area contributed by atoms with Gasteiger partial charge >= 0.3 is 0 Å². The minimum atomic E-state index is -0.350. The normalized spacial score (nSPS) is 9.87. The summed E-state index contributed by atoms with van der Waals surface area (Å²) in [5, 5.41) is 12.1. The van der Waals surface area contributed by atoms with E-state index in [9.17, 15) is 4.79 Å². The van der Waals surface area contributed by atoms with E-state index in [-0.39, 0.29) is 17.4 Å². The number of nitrogens with one attached hydrogen (secondary N) is 1. The Morgan fingerprint density at radius 2 is 2.27 bits per heavy atom. The Hall–Kier alpha value is -2.02. The quantitative estimate of drug-likeness (QED) is 0.781. The summed E-state index contributed by atoms with van der Waals surface area (Å²) in [6.07, 6.45) is 1.61. The summed E-state index contributed by atoms with van der Waals surface area (Å²) in [7, 11) is 0. The van der Waals surface area contributed by atoms with Crippen LogP contribution in [-0.2, 0) is 0 Å². The second-order valence-corrected chi connectivity index (χ2v) is 3.53. The summed E-state index contributed by atoms with van der Waals surface area (Å²) < 4.78 is 0. The highest BCUT2D eigenvalue weighted by Gasteiger charge is 2.08. The molecule has 76 valence electrons. The molecule has 0 aliphatic rings. The van der Waals surface area contributed by atoms with Gasteiger partial charge in [-0.3, -0.25) is 10.1 Å². The average molecular weight is 221 g/mol. The minimum Gasteiger partial charge on any atom is -0.382 e. The summed E-state index contributed by atoms with van der Waals surface area (Å²) in [4.78, 5) is 15.4. The predicted molar refractivity (Wildman–Crippen MR) is 56.5 cm³/mol. The molecule has 0 aliphatic heterocycles. The van der Waals surface area contributed by atoms with Crippen LogP contribution in [0.15, 0.2) is 23.7 Å². The SMILES string of the molecule is Nc1ccc(C(=O)Nc2nccs2)nn1. The van der Waals surface area contributed by atoms with Crippen LogP contribution < -0.4 is 11.1 Å². The van der Waals surface area contributed by atoms with Crippen molar-refractivity contribution in [3.8, 4) is 0 Å². The van der Waals surface area contributed by atoms with Crippen LogP contribution in [0, 0.1) is 0 Å². The van der Waals surface area contributed by atoms with Crippen LogP contribution >= 0.6 is 11.3 Å². The zero-order valence-electron chi connectivity index (χ0n) is 7.54. The lowest BCUT2D eigenvalue weighted by molar-refractivity contribution is 0.102. The maximum atomic E-state index is 11.5. The number of nitrogen functional groups attached to an aromatic ring is 1. The Morgan fingerprint density at radius 3 is 2.87 bits per heavy atom. The monoisotopic (exact) mass is 221 g/mol. The van der Waals surface area contributed by atoms with Crippen molar-refractivity contribution in [2.24, 2.45) is 0 Å². The maximum absolute atomic E-state index is 11.5. The lowest BCUT2D eigenvalue weighted by Gasteiger charge is -1.99. The number of nitrogens with two attached hydrogens (primary N) is 1. The molecule has 0 saturated heterocycles. The largest absolute Gasteiger partial charge is 0.382 e. The Morgan fingerprint density at radius 1 is 1.40 bits per heavy atom. The molecule has 0 aromatic carbocycles. The van der Waals surface area contributed by atoms with Gasteiger partial charge in [0, 0.05) is 11.6 Å². The Kier molecular flexibility index (Phi) is 2.55. The van der Waals surface area contributed by atoms with E-state index in [2.05, 4.69) is 20.5 Å². The smallest absolute Gasteiger partial charge is 0.277 e. The van der Waals surface area contributed by atoms with E-state index < -0.39 is 0 Å². The summed E-state index contributed by atoms with van der Waals surface area (Å²) in [5.41, 5.74) is 5.56. The predicted octanol–water partition coefficient (Wildman–Crippen LogP) is 0.768. The van der Waals surface area contributed by atoms with Crippen LogP contribution in [0.5, 0.6) is 0 Å². The number of hydrogen-bond donors (Lipinski definition) is 2. The highest BCUT2D eigenvalue weighted by atomic mass is 32.1. The number of carbonyl (C=O) groups is 1. The second kappa shape index (κ2) is 4.01. The van der Waals surface area contributed by atoms with Crippen molar-refractivity contribution in [3.63, 3.8) is 0 Å². The van der Waals surface area contributed by atoms with E-state index in [1.807, 2.05) is 0 Å². The van der Waals surface area contributed by atoms with Gasteiger partial charge in [-0.05, 0) is 12.1 Å². The summed E-state index contributed by atoms with van der Waals surface area (Å²) in [6.45, 7) is 0. The number of hydrogen-bond acceptors (Lipinski definition) is 6. The van der Waals surface area contributed by atoms with Crippen molar-refractivity contribution < 1.29 is 4.79 Å². The average Bonchev–Trinajstić information content (AvgIpc) is 2.71. The van der Waals surface area contributed by atoms with Crippen LogP contribution in [0.4, 0.5) is 10.9 Å². The van der Waals surface area contributed by atoms with E-state index in [4.69, 9.17) is 5.73 Å². The molecule has 0 bridgehead atoms. The van der Waals surface area contributed by atoms with Crippen molar-refractivity contribution in [1.82, 2.24) is 15.2 Å². The van der Waals surface area contributed by atoms with Crippen LogP contribution in [-0.4, -0.2) is 21.1 Å². The number of aromatic nitrogens is 3. The Labute approximate surface area is 89.2 Å². The lowest BCUT2D eigenvalue weighted by atomic mass is 10.3. The van der Waals surface area contributed by atoms with Gasteiger partial charge in [0.1, 0.15) is 5.82 Å². The molecule has 1 amide bonds. The molecule has 0 spiro atoms. The third-order valence-electron chi connectivity index (χ3n) is 1.57. The summed E-state index contributed by atoms with van der Waals surface area (Å²) in [6, 6.07) is 3.02. The molecule has 7 heteroatoms. The van der Waals surface area contributed by atoms with Crippen molar-refractivity contribution in [1.29, 1.82) is 0 Å². The molecule has 2 aromatic rings. The first kappa shape index (κ1) is 9.53. The van der Waals surface area contributed by atoms with Gasteiger partial charge in [-0.2, -0.15) is 0 Å². The van der Waals surface area contributed by atoms with Crippen LogP contribution in [0.25, 0.3) is 0 Å². The molecule has 0 atom stereocenters. The summed E-state index contributed by atoms with van der Waals surface area (Å²) in [5.74, 6) is -0.0711. The van der Waals surface area contributed by atoms with Gasteiger partial charge in [-0.1, -0.05) is 0 Å². The standard InChI is InChI=1S/C8H7N5OS/c9-6-2-1-5(12-13-6)7(14)11-8-10-3-4-15-8/h1-4H,(H2,9,13)(H,10,11,14). The molecular weight excluding hydrogens is 214 g/mol. The van der Waals surface area contributed by atoms with E-state index in [0.29, 0.717) is 5.13 Å². The molecule has 0 aliphatic carbocycles. The van der Waals surface area contributed by atoms with Gasteiger partial charge < -0.3 is 5.73 Å². The first-order chi connectivity index (χ1) is 7.25. The van der Waals surface area contributed by atoms with Gasteiger partial charge in [0.05, 0.1) is 0 Å². The topological polar surface area (TPSA) is 93.8 Å². The highest BCUT2D eigenvalue weighted by Crippen LogP contribution is 2.11. The fourth-order valence-corrected chi connectivity index (χ4v) is 1.43. The van der Waals surface area contributed by atoms with Gasteiger partial charge in [-0.15, -0.1) is 21.5 Å². The lowest BCUT2D eigenvalue weighted by Crippen LogP contribution is -2.14. The van der Waals surface area contributed by atoms with Gasteiger partial charge in [0.2, 0.25) is 0 Å². The fourth-order valence-electron chi connectivity index (χ4n) is 0.910. The Bertz CT molecular complexity index is 452. The molecule has 15 heavy (non-hydrogen) atoms.